The monoisotopic (exact) mass is 356 g/mol. The first kappa shape index (κ1) is 25.9. The van der Waals surface area contributed by atoms with Crippen LogP contribution in [0.5, 0.6) is 0 Å². The summed E-state index contributed by atoms with van der Waals surface area (Å²) in [5.41, 5.74) is 0. The lowest BCUT2D eigenvalue weighted by atomic mass is 10.2. The Hall–Kier alpha value is -0.320. The second-order valence-corrected chi connectivity index (χ2v) is 5.11. The molecule has 0 saturated carbocycles. The zero-order valence-electron chi connectivity index (χ0n) is 15.4. The van der Waals surface area contributed by atoms with Crippen LogP contribution in [-0.4, -0.2) is 92.3 Å². The van der Waals surface area contributed by atoms with Crippen LogP contribution in [0.3, 0.4) is 0 Å². The minimum absolute atomic E-state index is 0.00970. The lowest BCUT2D eigenvalue weighted by Crippen LogP contribution is -2.28. The van der Waals surface area contributed by atoms with Gasteiger partial charge in [-0.25, -0.2) is 0 Å². The summed E-state index contributed by atoms with van der Waals surface area (Å²) in [5.74, 6) is 0. The summed E-state index contributed by atoms with van der Waals surface area (Å²) in [6, 6.07) is 0. The van der Waals surface area contributed by atoms with Gasteiger partial charge in [-0.15, -0.1) is 0 Å². The second kappa shape index (κ2) is 19.0. The number of hydrogen-bond acceptors (Lipinski definition) is 8. The Morgan fingerprint density at radius 3 is 1.58 bits per heavy atom. The van der Waals surface area contributed by atoms with Crippen LogP contribution in [-0.2, 0) is 18.9 Å². The lowest BCUT2D eigenvalue weighted by Gasteiger charge is -2.19. The van der Waals surface area contributed by atoms with Gasteiger partial charge in [0, 0.05) is 20.8 Å². The van der Waals surface area contributed by atoms with Gasteiger partial charge in [0.1, 0.15) is 0 Å². The van der Waals surface area contributed by atoms with E-state index in [1.54, 1.807) is 7.11 Å². The van der Waals surface area contributed by atoms with E-state index in [1.807, 2.05) is 13.8 Å². The van der Waals surface area contributed by atoms with E-state index in [0.29, 0.717) is 19.4 Å². The van der Waals surface area contributed by atoms with Crippen LogP contribution in [0.15, 0.2) is 0 Å². The average Bonchev–Trinajstić information content (AvgIpc) is 2.64. The number of aliphatic hydroxyl groups excluding tert-OH is 4. The van der Waals surface area contributed by atoms with Gasteiger partial charge in [0.05, 0.1) is 44.7 Å². The van der Waals surface area contributed by atoms with Crippen molar-refractivity contribution in [3.63, 3.8) is 0 Å². The van der Waals surface area contributed by atoms with Gasteiger partial charge < -0.3 is 39.4 Å². The predicted octanol–water partition coefficient (Wildman–Crippen LogP) is -0.0900. The number of aliphatic hydroxyl groups is 4. The molecule has 148 valence electrons. The fraction of sp³-hybridized carbons (Fsp3) is 1.00. The standard InChI is InChI=1S/C9H20O4.C7H16O4/c1-3-8(6-10)13-5-4-9(7-11)12-2;1-3-6(4-8)11-7(5-9)10-2/h8-11H,3-7H2,1-2H3;6-9H,3-5H2,1-2H3. The Balaban J connectivity index is 0. The van der Waals surface area contributed by atoms with Crippen molar-refractivity contribution in [3.05, 3.63) is 0 Å². The molecular weight excluding hydrogens is 320 g/mol. The summed E-state index contributed by atoms with van der Waals surface area (Å²) < 4.78 is 20.2. The minimum Gasteiger partial charge on any atom is -0.394 e. The Morgan fingerprint density at radius 1 is 0.708 bits per heavy atom. The maximum Gasteiger partial charge on any atom is 0.180 e. The molecule has 0 bridgehead atoms. The van der Waals surface area contributed by atoms with Crippen LogP contribution in [0.25, 0.3) is 0 Å². The van der Waals surface area contributed by atoms with E-state index in [-0.39, 0.29) is 44.7 Å². The molecule has 0 aromatic heterocycles. The average molecular weight is 356 g/mol. The molecule has 0 aromatic carbocycles. The topological polar surface area (TPSA) is 118 Å². The summed E-state index contributed by atoms with van der Waals surface area (Å²) in [5, 5.41) is 34.9. The third-order valence-corrected chi connectivity index (χ3v) is 3.40. The van der Waals surface area contributed by atoms with E-state index in [0.717, 1.165) is 6.42 Å². The number of rotatable bonds is 14. The number of hydrogen-bond donors (Lipinski definition) is 4. The molecule has 0 heterocycles. The fourth-order valence-electron chi connectivity index (χ4n) is 1.61. The molecule has 0 saturated heterocycles. The SMILES string of the molecule is CCC(CO)OC(CO)OC.CCC(CO)OCCC(CO)OC. The molecule has 0 aliphatic carbocycles. The van der Waals surface area contributed by atoms with Crippen molar-refractivity contribution in [1.82, 2.24) is 0 Å². The highest BCUT2D eigenvalue weighted by molar-refractivity contribution is 4.57. The van der Waals surface area contributed by atoms with E-state index >= 15 is 0 Å². The van der Waals surface area contributed by atoms with E-state index in [9.17, 15) is 0 Å². The van der Waals surface area contributed by atoms with Crippen molar-refractivity contribution >= 4 is 0 Å². The number of ether oxygens (including phenoxy) is 4. The van der Waals surface area contributed by atoms with E-state index in [4.69, 9.17) is 39.4 Å². The summed E-state index contributed by atoms with van der Waals surface area (Å²) in [6.45, 7) is 4.19. The Kier molecular flexibility index (Phi) is 20.5. The van der Waals surface area contributed by atoms with Gasteiger partial charge in [0.15, 0.2) is 6.29 Å². The largest absolute Gasteiger partial charge is 0.394 e. The predicted molar refractivity (Wildman–Crippen MR) is 89.7 cm³/mol. The van der Waals surface area contributed by atoms with Crippen LogP contribution >= 0.6 is 0 Å². The molecule has 0 amide bonds. The highest BCUT2D eigenvalue weighted by Gasteiger charge is 2.12. The molecule has 0 aliphatic heterocycles. The fourth-order valence-corrected chi connectivity index (χ4v) is 1.61. The molecule has 0 aliphatic rings. The van der Waals surface area contributed by atoms with Crippen LogP contribution in [0, 0.1) is 0 Å². The normalized spacial score (nSPS) is 16.0. The highest BCUT2D eigenvalue weighted by Crippen LogP contribution is 2.02. The molecule has 0 spiro atoms. The Labute approximate surface area is 145 Å². The van der Waals surface area contributed by atoms with Gasteiger partial charge in [-0.1, -0.05) is 13.8 Å². The number of methoxy groups -OCH3 is 2. The maximum atomic E-state index is 8.80. The molecule has 0 rings (SSSR count). The zero-order valence-corrected chi connectivity index (χ0v) is 15.4. The summed E-state index contributed by atoms with van der Waals surface area (Å²) in [7, 11) is 3.01. The lowest BCUT2D eigenvalue weighted by molar-refractivity contribution is -0.181. The van der Waals surface area contributed by atoms with E-state index < -0.39 is 6.29 Å². The van der Waals surface area contributed by atoms with Gasteiger partial charge in [-0.05, 0) is 19.3 Å². The molecule has 4 atom stereocenters. The molecule has 8 nitrogen and oxygen atoms in total. The van der Waals surface area contributed by atoms with Crippen molar-refractivity contribution in [3.8, 4) is 0 Å². The van der Waals surface area contributed by atoms with Gasteiger partial charge in [-0.3, -0.25) is 0 Å². The van der Waals surface area contributed by atoms with Gasteiger partial charge in [0.2, 0.25) is 0 Å². The first-order valence-electron chi connectivity index (χ1n) is 8.32. The quantitative estimate of drug-likeness (QED) is 0.319. The summed E-state index contributed by atoms with van der Waals surface area (Å²) in [4.78, 5) is 0. The van der Waals surface area contributed by atoms with Crippen molar-refractivity contribution in [1.29, 1.82) is 0 Å². The van der Waals surface area contributed by atoms with Crippen LogP contribution in [0.4, 0.5) is 0 Å². The zero-order chi connectivity index (χ0) is 18.8. The Bertz CT molecular complexity index is 204. The van der Waals surface area contributed by atoms with Crippen LogP contribution in [0.1, 0.15) is 33.1 Å². The van der Waals surface area contributed by atoms with Crippen LogP contribution in [0.2, 0.25) is 0 Å². The maximum absolute atomic E-state index is 8.80. The minimum atomic E-state index is -0.618. The van der Waals surface area contributed by atoms with Crippen molar-refractivity contribution in [2.24, 2.45) is 0 Å². The second-order valence-electron chi connectivity index (χ2n) is 5.11. The van der Waals surface area contributed by atoms with Crippen molar-refractivity contribution in [2.75, 3.05) is 47.3 Å². The molecular formula is C16H36O8. The molecule has 0 fully saturated rings. The summed E-state index contributed by atoms with van der Waals surface area (Å²) in [6.07, 6.45) is 1.05. The third kappa shape index (κ3) is 14.1. The summed E-state index contributed by atoms with van der Waals surface area (Å²) >= 11 is 0. The first-order valence-corrected chi connectivity index (χ1v) is 8.32. The van der Waals surface area contributed by atoms with Crippen LogP contribution < -0.4 is 0 Å². The molecule has 0 radical (unpaired) electrons. The van der Waals surface area contributed by atoms with Gasteiger partial charge in [0.25, 0.3) is 0 Å². The van der Waals surface area contributed by atoms with Crippen molar-refractivity contribution in [2.45, 2.75) is 57.7 Å². The Morgan fingerprint density at radius 2 is 1.25 bits per heavy atom. The molecule has 4 N–H and O–H groups in total. The third-order valence-electron chi connectivity index (χ3n) is 3.40. The van der Waals surface area contributed by atoms with E-state index in [2.05, 4.69) is 0 Å². The van der Waals surface area contributed by atoms with Gasteiger partial charge in [-0.2, -0.15) is 0 Å². The first-order chi connectivity index (χ1) is 11.6. The van der Waals surface area contributed by atoms with Gasteiger partial charge >= 0.3 is 0 Å². The molecule has 24 heavy (non-hydrogen) atoms. The highest BCUT2D eigenvalue weighted by atomic mass is 16.7. The smallest absolute Gasteiger partial charge is 0.180 e. The molecule has 8 heteroatoms. The van der Waals surface area contributed by atoms with E-state index in [1.165, 1.54) is 7.11 Å². The van der Waals surface area contributed by atoms with Crippen molar-refractivity contribution < 1.29 is 39.4 Å². The molecule has 0 aromatic rings. The molecule has 4 unspecified atom stereocenters.